The van der Waals surface area contributed by atoms with Gasteiger partial charge in [-0.05, 0) is 71.8 Å². The average molecular weight is 573 g/mol. The SMILES string of the molecule is C.C.CCC(=O)NC[C@@H]1CC1c1cccc(O)c1CC(=O)O.CCC(=O)NC[C@@H]1CC1c1cccc(O)c1CCO. The molecule has 0 aromatic heterocycles. The van der Waals surface area contributed by atoms with Crippen molar-refractivity contribution in [1.82, 2.24) is 10.6 Å². The van der Waals surface area contributed by atoms with Crippen LogP contribution in [0.4, 0.5) is 0 Å². The van der Waals surface area contributed by atoms with Crippen LogP contribution in [0.3, 0.4) is 0 Å². The highest BCUT2D eigenvalue weighted by Gasteiger charge is 2.40. The first-order chi connectivity index (χ1) is 18.7. The molecule has 6 N–H and O–H groups in total. The van der Waals surface area contributed by atoms with Crippen LogP contribution in [0.1, 0.15) is 88.5 Å². The monoisotopic (exact) mass is 572 g/mol. The van der Waals surface area contributed by atoms with Gasteiger partial charge in [0.2, 0.25) is 11.8 Å². The second kappa shape index (κ2) is 16.6. The molecule has 2 aliphatic carbocycles. The summed E-state index contributed by atoms with van der Waals surface area (Å²) in [7, 11) is 0. The molecule has 2 amide bonds. The maximum atomic E-state index is 11.2. The number of aliphatic hydroxyl groups is 1. The van der Waals surface area contributed by atoms with E-state index >= 15 is 0 Å². The Morgan fingerprint density at radius 3 is 1.63 bits per heavy atom. The number of aliphatic hydroxyl groups excluding tert-OH is 1. The average Bonchev–Trinajstić information content (AvgIpc) is 3.84. The number of carbonyl (C=O) groups is 3. The summed E-state index contributed by atoms with van der Waals surface area (Å²) in [6, 6.07) is 10.6. The molecule has 2 aliphatic rings. The highest BCUT2D eigenvalue weighted by Crippen LogP contribution is 2.50. The summed E-state index contributed by atoms with van der Waals surface area (Å²) in [6.07, 6.45) is 3.23. The molecule has 0 spiro atoms. The van der Waals surface area contributed by atoms with Gasteiger partial charge in [0, 0.05) is 38.1 Å². The number of carboxylic acid groups (broad SMARTS) is 1. The molecule has 9 heteroatoms. The second-order valence-electron chi connectivity index (χ2n) is 10.3. The van der Waals surface area contributed by atoms with Gasteiger partial charge in [-0.1, -0.05) is 53.0 Å². The van der Waals surface area contributed by atoms with Crippen molar-refractivity contribution in [2.24, 2.45) is 11.8 Å². The molecule has 2 aromatic carbocycles. The maximum absolute atomic E-state index is 11.2. The summed E-state index contributed by atoms with van der Waals surface area (Å²) in [5.41, 5.74) is 3.35. The largest absolute Gasteiger partial charge is 0.508 e. The van der Waals surface area contributed by atoms with Crippen molar-refractivity contribution in [3.8, 4) is 11.5 Å². The Hall–Kier alpha value is -3.59. The minimum atomic E-state index is -0.954. The summed E-state index contributed by atoms with van der Waals surface area (Å²) >= 11 is 0. The smallest absolute Gasteiger partial charge is 0.307 e. The highest BCUT2D eigenvalue weighted by atomic mass is 16.4. The fourth-order valence-electron chi connectivity index (χ4n) is 5.05. The zero-order valence-electron chi connectivity index (χ0n) is 22.7. The maximum Gasteiger partial charge on any atom is 0.307 e. The van der Waals surface area contributed by atoms with Crippen molar-refractivity contribution < 1.29 is 34.8 Å². The number of hydrogen-bond acceptors (Lipinski definition) is 6. The molecular weight excluding hydrogens is 524 g/mol. The number of phenols is 2. The number of benzene rings is 2. The van der Waals surface area contributed by atoms with Gasteiger partial charge in [-0.3, -0.25) is 14.4 Å². The van der Waals surface area contributed by atoms with Crippen LogP contribution < -0.4 is 10.6 Å². The number of hydrogen-bond donors (Lipinski definition) is 6. The van der Waals surface area contributed by atoms with E-state index in [1.165, 1.54) is 6.07 Å². The molecule has 0 heterocycles. The number of amides is 2. The number of carbonyl (C=O) groups excluding carboxylic acids is 2. The fourth-order valence-corrected chi connectivity index (χ4v) is 5.05. The van der Waals surface area contributed by atoms with Crippen molar-refractivity contribution in [1.29, 1.82) is 0 Å². The minimum Gasteiger partial charge on any atom is -0.508 e. The predicted molar refractivity (Wildman–Crippen MR) is 160 cm³/mol. The Morgan fingerprint density at radius 1 is 0.780 bits per heavy atom. The van der Waals surface area contributed by atoms with Gasteiger partial charge in [0.05, 0.1) is 6.42 Å². The second-order valence-corrected chi connectivity index (χ2v) is 10.3. The van der Waals surface area contributed by atoms with Crippen LogP contribution in [0.5, 0.6) is 11.5 Å². The number of rotatable bonds is 12. The van der Waals surface area contributed by atoms with E-state index in [0.717, 1.165) is 29.5 Å². The molecular formula is C32H48N2O7. The lowest BCUT2D eigenvalue weighted by atomic mass is 9.98. The lowest BCUT2D eigenvalue weighted by Gasteiger charge is -2.10. The molecule has 0 bridgehead atoms. The van der Waals surface area contributed by atoms with Crippen LogP contribution in [-0.4, -0.2) is 57.9 Å². The molecule has 2 saturated carbocycles. The van der Waals surface area contributed by atoms with Crippen molar-refractivity contribution in [3.63, 3.8) is 0 Å². The van der Waals surface area contributed by atoms with Gasteiger partial charge in [-0.15, -0.1) is 0 Å². The lowest BCUT2D eigenvalue weighted by Crippen LogP contribution is -2.24. The summed E-state index contributed by atoms with van der Waals surface area (Å²) in [4.78, 5) is 33.3. The van der Waals surface area contributed by atoms with E-state index in [-0.39, 0.29) is 57.1 Å². The highest BCUT2D eigenvalue weighted by molar-refractivity contribution is 5.76. The number of aromatic hydroxyl groups is 2. The first kappa shape index (κ1) is 35.4. The third kappa shape index (κ3) is 10.1. The molecule has 2 fully saturated rings. The van der Waals surface area contributed by atoms with E-state index in [0.29, 0.717) is 55.7 Å². The van der Waals surface area contributed by atoms with Gasteiger partial charge < -0.3 is 31.1 Å². The Kier molecular flexibility index (Phi) is 14.4. The third-order valence-corrected chi connectivity index (χ3v) is 7.47. The van der Waals surface area contributed by atoms with E-state index in [9.17, 15) is 24.6 Å². The Labute approximate surface area is 244 Å². The molecule has 4 rings (SSSR count). The van der Waals surface area contributed by atoms with Crippen LogP contribution in [0.15, 0.2) is 36.4 Å². The van der Waals surface area contributed by atoms with Crippen LogP contribution in [0, 0.1) is 11.8 Å². The fraction of sp³-hybridized carbons (Fsp3) is 0.531. The number of carboxylic acids is 1. The number of aliphatic carboxylic acids is 1. The molecule has 4 atom stereocenters. The van der Waals surface area contributed by atoms with Crippen molar-refractivity contribution >= 4 is 17.8 Å². The van der Waals surface area contributed by atoms with Crippen LogP contribution in [0.25, 0.3) is 0 Å². The van der Waals surface area contributed by atoms with Gasteiger partial charge in [0.1, 0.15) is 11.5 Å². The Bertz CT molecular complexity index is 1170. The molecule has 0 saturated heterocycles. The quantitative estimate of drug-likeness (QED) is 0.219. The summed E-state index contributed by atoms with van der Waals surface area (Å²) in [5.74, 6) is 0.857. The number of phenolic OH excluding ortho intramolecular Hbond substituents is 2. The van der Waals surface area contributed by atoms with Crippen molar-refractivity contribution in [3.05, 3.63) is 58.7 Å². The Balaban J connectivity index is 0.000000391. The van der Waals surface area contributed by atoms with E-state index in [4.69, 9.17) is 10.2 Å². The van der Waals surface area contributed by atoms with Crippen molar-refractivity contribution in [2.45, 2.75) is 79.1 Å². The lowest BCUT2D eigenvalue weighted by molar-refractivity contribution is -0.136. The van der Waals surface area contributed by atoms with E-state index in [2.05, 4.69) is 10.6 Å². The third-order valence-electron chi connectivity index (χ3n) is 7.47. The zero-order chi connectivity index (χ0) is 28.5. The van der Waals surface area contributed by atoms with Gasteiger partial charge in [0.15, 0.2) is 0 Å². The van der Waals surface area contributed by atoms with Gasteiger partial charge in [-0.25, -0.2) is 0 Å². The van der Waals surface area contributed by atoms with E-state index in [1.54, 1.807) is 19.1 Å². The van der Waals surface area contributed by atoms with Gasteiger partial charge in [0.25, 0.3) is 0 Å². The number of nitrogens with one attached hydrogen (secondary N) is 2. The molecule has 2 aromatic rings. The minimum absolute atomic E-state index is 0. The van der Waals surface area contributed by atoms with Crippen LogP contribution >= 0.6 is 0 Å². The summed E-state index contributed by atoms with van der Waals surface area (Å²) in [6.45, 7) is 4.99. The molecule has 228 valence electrons. The molecule has 0 radical (unpaired) electrons. The molecule has 9 nitrogen and oxygen atoms in total. The van der Waals surface area contributed by atoms with Crippen molar-refractivity contribution in [2.75, 3.05) is 19.7 Å². The van der Waals surface area contributed by atoms with E-state index < -0.39 is 5.97 Å². The molecule has 41 heavy (non-hydrogen) atoms. The first-order valence-corrected chi connectivity index (χ1v) is 13.7. The van der Waals surface area contributed by atoms with Crippen LogP contribution in [0.2, 0.25) is 0 Å². The topological polar surface area (TPSA) is 156 Å². The summed E-state index contributed by atoms with van der Waals surface area (Å²) < 4.78 is 0. The van der Waals surface area contributed by atoms with Gasteiger partial charge >= 0.3 is 5.97 Å². The molecule has 0 aliphatic heterocycles. The first-order valence-electron chi connectivity index (χ1n) is 13.7. The standard InChI is InChI=1S/C15H19NO4.C15H21NO3.2CH4/c1-2-14(18)16-8-9-6-11(9)10-4-3-5-13(17)12(10)7-15(19)20;1-2-15(19)16-9-10-8-13(10)11-4-3-5-14(18)12(11)6-7-17;;/h3-5,9,11,17H,2,6-8H2,1H3,(H,16,18)(H,19,20);3-5,10,13,17-18H,2,6-9H2,1H3,(H,16,19);2*1H4/t9-,11?;10-,13?;;/m00../s1. The Morgan fingerprint density at radius 2 is 1.22 bits per heavy atom. The van der Waals surface area contributed by atoms with Crippen LogP contribution in [-0.2, 0) is 27.2 Å². The summed E-state index contributed by atoms with van der Waals surface area (Å²) in [5, 5.41) is 43.4. The van der Waals surface area contributed by atoms with E-state index in [1.807, 2.05) is 25.1 Å². The molecule has 2 unspecified atom stereocenters. The normalized spacial score (nSPS) is 19.8. The zero-order valence-corrected chi connectivity index (χ0v) is 22.7. The van der Waals surface area contributed by atoms with Gasteiger partial charge in [-0.2, -0.15) is 0 Å². The predicted octanol–water partition coefficient (Wildman–Crippen LogP) is 4.48.